The van der Waals surface area contributed by atoms with Gasteiger partial charge in [0.05, 0.1) is 5.54 Å². The fourth-order valence-electron chi connectivity index (χ4n) is 4.36. The summed E-state index contributed by atoms with van der Waals surface area (Å²) in [4.78, 5) is 1.90. The maximum absolute atomic E-state index is 13.0. The first-order chi connectivity index (χ1) is 8.77. The van der Waals surface area contributed by atoms with Crippen LogP contribution in [-0.4, -0.2) is 39.5 Å². The van der Waals surface area contributed by atoms with E-state index in [2.05, 4.69) is 0 Å². The van der Waals surface area contributed by atoms with Crippen molar-refractivity contribution in [3.05, 3.63) is 11.7 Å². The van der Waals surface area contributed by atoms with Gasteiger partial charge in [0, 0.05) is 18.0 Å². The summed E-state index contributed by atoms with van der Waals surface area (Å²) in [7, 11) is 0. The van der Waals surface area contributed by atoms with Gasteiger partial charge in [0.25, 0.3) is 6.08 Å². The molecule has 2 saturated heterocycles. The van der Waals surface area contributed by atoms with Crippen molar-refractivity contribution in [1.82, 2.24) is 4.90 Å². The Morgan fingerprint density at radius 2 is 1.89 bits per heavy atom. The summed E-state index contributed by atoms with van der Waals surface area (Å²) in [6.07, 6.45) is 1.18. The highest BCUT2D eigenvalue weighted by atomic mass is 19.3. The molecule has 3 rings (SSSR count). The molecule has 3 fully saturated rings. The smallest absolute Gasteiger partial charge is 0.270 e. The van der Waals surface area contributed by atoms with E-state index < -0.39 is 17.4 Å². The molecule has 19 heavy (non-hydrogen) atoms. The lowest BCUT2D eigenvalue weighted by molar-refractivity contribution is -0.274. The average molecular weight is 273 g/mol. The summed E-state index contributed by atoms with van der Waals surface area (Å²) < 4.78 is 25.9. The second-order valence-electron chi connectivity index (χ2n) is 6.73. The van der Waals surface area contributed by atoms with Crippen LogP contribution in [0.5, 0.6) is 0 Å². The molecule has 0 aromatic carbocycles. The van der Waals surface area contributed by atoms with Crippen molar-refractivity contribution >= 4 is 0 Å². The van der Waals surface area contributed by atoms with Gasteiger partial charge in [-0.2, -0.15) is 8.78 Å². The van der Waals surface area contributed by atoms with Gasteiger partial charge in [-0.15, -0.1) is 0 Å². The zero-order chi connectivity index (χ0) is 14.1. The number of hydrogen-bond acceptors (Lipinski definition) is 3. The molecule has 1 saturated carbocycles. The molecular formula is C14H21F2NO2. The van der Waals surface area contributed by atoms with Gasteiger partial charge in [0.15, 0.2) is 5.79 Å². The minimum Gasteiger partial charge on any atom is -0.364 e. The van der Waals surface area contributed by atoms with Crippen LogP contribution < -0.4 is 0 Å². The Bertz CT molecular complexity index is 439. The van der Waals surface area contributed by atoms with Gasteiger partial charge in [-0.05, 0) is 37.6 Å². The van der Waals surface area contributed by atoms with Crippen LogP contribution in [0, 0.1) is 11.3 Å². The lowest BCUT2D eigenvalue weighted by Crippen LogP contribution is -2.65. The van der Waals surface area contributed by atoms with E-state index in [1.54, 1.807) is 13.8 Å². The van der Waals surface area contributed by atoms with E-state index in [1.165, 1.54) is 0 Å². The highest BCUT2D eigenvalue weighted by Gasteiger charge is 2.75. The topological polar surface area (TPSA) is 43.7 Å². The molecule has 5 heteroatoms. The molecule has 3 nitrogen and oxygen atoms in total. The summed E-state index contributed by atoms with van der Waals surface area (Å²) in [5.41, 5.74) is -0.996. The predicted octanol–water partition coefficient (Wildman–Crippen LogP) is 2.10. The number of nitrogens with zero attached hydrogens (tertiary/aromatic N) is 1. The van der Waals surface area contributed by atoms with Crippen molar-refractivity contribution in [3.63, 3.8) is 0 Å². The van der Waals surface area contributed by atoms with Gasteiger partial charge in [-0.25, -0.2) is 0 Å². The quantitative estimate of drug-likeness (QED) is 0.757. The lowest BCUT2D eigenvalue weighted by atomic mass is 9.69. The highest BCUT2D eigenvalue weighted by molar-refractivity contribution is 5.33. The second-order valence-corrected chi connectivity index (χ2v) is 6.73. The largest absolute Gasteiger partial charge is 0.364 e. The molecule has 1 atom stereocenters. The first-order valence-electron chi connectivity index (χ1n) is 7.00. The normalized spacial score (nSPS) is 33.3. The lowest BCUT2D eigenvalue weighted by Gasteiger charge is -2.49. The summed E-state index contributed by atoms with van der Waals surface area (Å²) in [6.45, 7) is 4.36. The molecule has 2 aliphatic heterocycles. The minimum atomic E-state index is -1.92. The van der Waals surface area contributed by atoms with Crippen molar-refractivity contribution in [3.8, 4) is 0 Å². The summed E-state index contributed by atoms with van der Waals surface area (Å²) in [5.74, 6) is -2.30. The monoisotopic (exact) mass is 273 g/mol. The Hall–Kier alpha value is -0.520. The van der Waals surface area contributed by atoms with Gasteiger partial charge in [-0.1, -0.05) is 13.8 Å². The van der Waals surface area contributed by atoms with Gasteiger partial charge < -0.3 is 10.2 Å². The van der Waals surface area contributed by atoms with E-state index >= 15 is 0 Å². The number of hydrogen-bond donors (Lipinski definition) is 2. The molecule has 1 unspecified atom stereocenters. The molecule has 0 amide bonds. The van der Waals surface area contributed by atoms with Crippen LogP contribution in [0.15, 0.2) is 11.7 Å². The van der Waals surface area contributed by atoms with E-state index in [9.17, 15) is 19.0 Å². The first kappa shape index (κ1) is 13.5. The Labute approximate surface area is 111 Å². The van der Waals surface area contributed by atoms with Gasteiger partial charge >= 0.3 is 0 Å². The zero-order valence-electron chi connectivity index (χ0n) is 11.4. The number of halogens is 2. The van der Waals surface area contributed by atoms with E-state index in [0.717, 1.165) is 19.3 Å². The van der Waals surface area contributed by atoms with Crippen molar-refractivity contribution in [1.29, 1.82) is 0 Å². The van der Waals surface area contributed by atoms with Crippen LogP contribution >= 0.6 is 0 Å². The third kappa shape index (κ3) is 1.46. The van der Waals surface area contributed by atoms with Gasteiger partial charge in [-0.3, -0.25) is 4.90 Å². The molecule has 1 aliphatic carbocycles. The SMILES string of the molecule is CC(C)C(O)(O)C12CC(=C(F)F)CN1CCC21CC1. The first-order valence-corrected chi connectivity index (χ1v) is 7.00. The third-order valence-electron chi connectivity index (χ3n) is 5.66. The van der Waals surface area contributed by atoms with Crippen LogP contribution in [0.1, 0.15) is 39.5 Å². The second kappa shape index (κ2) is 3.77. The van der Waals surface area contributed by atoms with Crippen LogP contribution in [0.2, 0.25) is 0 Å². The molecule has 0 aromatic rings. The van der Waals surface area contributed by atoms with Crippen LogP contribution in [0.3, 0.4) is 0 Å². The van der Waals surface area contributed by atoms with Crippen LogP contribution in [-0.2, 0) is 0 Å². The molecule has 2 N–H and O–H groups in total. The number of rotatable bonds is 2. The van der Waals surface area contributed by atoms with Crippen molar-refractivity contribution in [2.45, 2.75) is 50.9 Å². The molecule has 108 valence electrons. The average Bonchev–Trinajstić information content (AvgIpc) is 2.88. The van der Waals surface area contributed by atoms with Gasteiger partial charge in [0.2, 0.25) is 0 Å². The maximum atomic E-state index is 13.0. The van der Waals surface area contributed by atoms with Crippen molar-refractivity contribution in [2.75, 3.05) is 13.1 Å². The van der Waals surface area contributed by atoms with E-state index in [1.807, 2.05) is 4.90 Å². The van der Waals surface area contributed by atoms with Crippen molar-refractivity contribution in [2.24, 2.45) is 11.3 Å². The molecule has 1 spiro atoms. The van der Waals surface area contributed by atoms with Crippen molar-refractivity contribution < 1.29 is 19.0 Å². The Morgan fingerprint density at radius 1 is 1.26 bits per heavy atom. The van der Waals surface area contributed by atoms with Crippen LogP contribution in [0.25, 0.3) is 0 Å². The fourth-order valence-corrected chi connectivity index (χ4v) is 4.36. The Kier molecular flexibility index (Phi) is 2.67. The summed E-state index contributed by atoms with van der Waals surface area (Å²) in [6, 6.07) is 0. The van der Waals surface area contributed by atoms with E-state index in [4.69, 9.17) is 0 Å². The Morgan fingerprint density at radius 3 is 2.37 bits per heavy atom. The molecule has 3 aliphatic rings. The molecular weight excluding hydrogens is 252 g/mol. The molecule has 0 aromatic heterocycles. The summed E-state index contributed by atoms with van der Waals surface area (Å²) in [5, 5.41) is 21.3. The maximum Gasteiger partial charge on any atom is 0.270 e. The highest BCUT2D eigenvalue weighted by Crippen LogP contribution is 2.70. The minimum absolute atomic E-state index is 0.0825. The summed E-state index contributed by atoms with van der Waals surface area (Å²) >= 11 is 0. The van der Waals surface area contributed by atoms with Gasteiger partial charge in [0.1, 0.15) is 0 Å². The zero-order valence-corrected chi connectivity index (χ0v) is 11.4. The third-order valence-corrected chi connectivity index (χ3v) is 5.66. The van der Waals surface area contributed by atoms with E-state index in [-0.39, 0.29) is 29.9 Å². The predicted molar refractivity (Wildman–Crippen MR) is 66.5 cm³/mol. The fraction of sp³-hybridized carbons (Fsp3) is 0.857. The molecule has 2 heterocycles. The Balaban J connectivity index is 2.10. The number of fused-ring (bicyclic) bond motifs is 2. The molecule has 0 radical (unpaired) electrons. The van der Waals surface area contributed by atoms with E-state index in [0.29, 0.717) is 6.54 Å². The van der Waals surface area contributed by atoms with Crippen LogP contribution in [0.4, 0.5) is 8.78 Å². The standard InChI is InChI=1S/C14H21F2NO2/c1-9(2)14(18,19)13-7-10(11(15)16)8-17(13)6-5-12(13)3-4-12/h9,18-19H,3-8H2,1-2H3. The number of aliphatic hydroxyl groups is 2. The molecule has 0 bridgehead atoms.